The third-order valence-electron chi connectivity index (χ3n) is 7.03. The zero-order valence-electron chi connectivity index (χ0n) is 23.7. The molecule has 4 rings (SSSR count). The quantitative estimate of drug-likeness (QED) is 0.233. The van der Waals surface area contributed by atoms with Crippen LogP contribution >= 0.6 is 0 Å². The van der Waals surface area contributed by atoms with Gasteiger partial charge in [0.2, 0.25) is 0 Å². The average Bonchev–Trinajstić information content (AvgIpc) is 3.50. The summed E-state index contributed by atoms with van der Waals surface area (Å²) in [5.41, 5.74) is 2.72. The Kier molecular flexibility index (Phi) is 9.68. The fourth-order valence-corrected chi connectivity index (χ4v) is 4.83. The minimum absolute atomic E-state index is 0.0823. The number of hydrogen-bond donors (Lipinski definition) is 2. The summed E-state index contributed by atoms with van der Waals surface area (Å²) >= 11 is 0. The number of ether oxygens (including phenoxy) is 4. The molecule has 0 saturated heterocycles. The zero-order valence-corrected chi connectivity index (χ0v) is 23.7. The standard InChI is InChI=1S/C31H35N3O7/c1-20-16-26(35)29(31(37)34(20)14-12-22-18-32-19-33-22)25(17-28(36)40-4)24-6-5-7-27(39-3)30(24)41-15-13-21-8-10-23(38-2)11-9-21/h5-11,16,18-19,25,35H,12-15,17H2,1-4H3,(H,32,33). The Morgan fingerprint density at radius 1 is 1.07 bits per heavy atom. The predicted molar refractivity (Wildman–Crippen MR) is 153 cm³/mol. The first-order valence-corrected chi connectivity index (χ1v) is 13.3. The Morgan fingerprint density at radius 3 is 2.51 bits per heavy atom. The minimum Gasteiger partial charge on any atom is -0.507 e. The number of benzene rings is 2. The van der Waals surface area contributed by atoms with Crippen molar-refractivity contribution in [2.24, 2.45) is 0 Å². The molecule has 2 heterocycles. The van der Waals surface area contributed by atoms with E-state index in [-0.39, 0.29) is 17.7 Å². The number of H-pyrrole nitrogens is 1. The third-order valence-corrected chi connectivity index (χ3v) is 7.03. The number of imidazole rings is 1. The van der Waals surface area contributed by atoms with Gasteiger partial charge in [0.15, 0.2) is 11.5 Å². The number of esters is 1. The van der Waals surface area contributed by atoms with Crippen LogP contribution < -0.4 is 19.8 Å². The van der Waals surface area contributed by atoms with Crippen molar-refractivity contribution in [3.8, 4) is 23.0 Å². The molecule has 0 radical (unpaired) electrons. The number of carbonyl (C=O) groups excluding carboxylic acids is 1. The Hall–Kier alpha value is -4.73. The molecule has 10 nitrogen and oxygen atoms in total. The molecule has 1 atom stereocenters. The Labute approximate surface area is 238 Å². The van der Waals surface area contributed by atoms with Gasteiger partial charge < -0.3 is 33.6 Å². The first kappa shape index (κ1) is 29.3. The maximum absolute atomic E-state index is 13.9. The lowest BCUT2D eigenvalue weighted by atomic mass is 9.87. The van der Waals surface area contributed by atoms with Crippen molar-refractivity contribution in [3.63, 3.8) is 0 Å². The summed E-state index contributed by atoms with van der Waals surface area (Å²) in [5, 5.41) is 11.1. The third kappa shape index (κ3) is 6.89. The van der Waals surface area contributed by atoms with Gasteiger partial charge in [0.05, 0.1) is 46.2 Å². The smallest absolute Gasteiger partial charge is 0.306 e. The molecule has 2 aromatic heterocycles. The first-order chi connectivity index (χ1) is 19.9. The van der Waals surface area contributed by atoms with Crippen molar-refractivity contribution < 1.29 is 28.8 Å². The molecular formula is C31H35N3O7. The zero-order chi connectivity index (χ0) is 29.4. The highest BCUT2D eigenvalue weighted by atomic mass is 16.5. The molecule has 0 amide bonds. The molecule has 1 unspecified atom stereocenters. The molecule has 2 N–H and O–H groups in total. The van der Waals surface area contributed by atoms with Gasteiger partial charge in [-0.25, -0.2) is 4.98 Å². The van der Waals surface area contributed by atoms with Gasteiger partial charge in [0.1, 0.15) is 11.5 Å². The number of aromatic amines is 1. The van der Waals surface area contributed by atoms with Crippen LogP contribution in [0.4, 0.5) is 0 Å². The molecule has 0 aliphatic heterocycles. The Bertz CT molecular complexity index is 1510. The number of methoxy groups -OCH3 is 3. The van der Waals surface area contributed by atoms with Crippen LogP contribution in [0, 0.1) is 6.92 Å². The lowest BCUT2D eigenvalue weighted by molar-refractivity contribution is -0.140. The molecule has 2 aromatic carbocycles. The van der Waals surface area contributed by atoms with Crippen molar-refractivity contribution in [1.82, 2.24) is 14.5 Å². The second-order valence-electron chi connectivity index (χ2n) is 9.53. The van der Waals surface area contributed by atoms with Crippen molar-refractivity contribution >= 4 is 5.97 Å². The number of nitrogens with zero attached hydrogens (tertiary/aromatic N) is 2. The molecule has 4 aromatic rings. The van der Waals surface area contributed by atoms with Crippen LogP contribution in [-0.4, -0.2) is 53.5 Å². The van der Waals surface area contributed by atoms with E-state index in [0.717, 1.165) is 17.0 Å². The maximum atomic E-state index is 13.9. The molecular weight excluding hydrogens is 526 g/mol. The monoisotopic (exact) mass is 561 g/mol. The summed E-state index contributed by atoms with van der Waals surface area (Å²) in [6.45, 7) is 2.42. The summed E-state index contributed by atoms with van der Waals surface area (Å²) in [6.07, 6.45) is 4.22. The summed E-state index contributed by atoms with van der Waals surface area (Å²) in [7, 11) is 4.43. The molecule has 0 aliphatic rings. The van der Waals surface area contributed by atoms with Gasteiger partial charge in [-0.1, -0.05) is 24.3 Å². The van der Waals surface area contributed by atoms with Crippen LogP contribution in [0.15, 0.2) is 65.8 Å². The predicted octanol–water partition coefficient (Wildman–Crippen LogP) is 4.16. The fraction of sp³-hybridized carbons (Fsp3) is 0.323. The molecule has 0 bridgehead atoms. The minimum atomic E-state index is -0.861. The van der Waals surface area contributed by atoms with E-state index in [9.17, 15) is 14.7 Å². The highest BCUT2D eigenvalue weighted by molar-refractivity contribution is 5.72. The first-order valence-electron chi connectivity index (χ1n) is 13.3. The number of carbonyl (C=O) groups is 1. The fourth-order valence-electron chi connectivity index (χ4n) is 4.83. The molecule has 0 saturated carbocycles. The Morgan fingerprint density at radius 2 is 1.85 bits per heavy atom. The molecule has 0 spiro atoms. The lowest BCUT2D eigenvalue weighted by Crippen LogP contribution is -2.29. The van der Waals surface area contributed by atoms with Crippen molar-refractivity contribution in [2.45, 2.75) is 38.6 Å². The second kappa shape index (κ2) is 13.6. The van der Waals surface area contributed by atoms with Crippen LogP contribution in [0.1, 0.15) is 40.4 Å². The highest BCUT2D eigenvalue weighted by Gasteiger charge is 2.30. The lowest BCUT2D eigenvalue weighted by Gasteiger charge is -2.23. The van der Waals surface area contributed by atoms with E-state index in [2.05, 4.69) is 9.97 Å². The van der Waals surface area contributed by atoms with Crippen LogP contribution in [0.3, 0.4) is 0 Å². The molecule has 0 aliphatic carbocycles. The van der Waals surface area contributed by atoms with Crippen LogP contribution in [-0.2, 0) is 28.9 Å². The number of pyridine rings is 1. The summed E-state index contributed by atoms with van der Waals surface area (Å²) < 4.78 is 23.7. The highest BCUT2D eigenvalue weighted by Crippen LogP contribution is 2.42. The number of para-hydroxylation sites is 1. The van der Waals surface area contributed by atoms with E-state index in [1.807, 2.05) is 24.3 Å². The Balaban J connectivity index is 1.73. The summed E-state index contributed by atoms with van der Waals surface area (Å²) in [4.78, 5) is 33.6. The van der Waals surface area contributed by atoms with Gasteiger partial charge in [0, 0.05) is 48.5 Å². The van der Waals surface area contributed by atoms with Gasteiger partial charge in [-0.05, 0) is 36.8 Å². The van der Waals surface area contributed by atoms with E-state index in [1.54, 1.807) is 55.4 Å². The summed E-state index contributed by atoms with van der Waals surface area (Å²) in [6, 6.07) is 14.5. The SMILES string of the molecule is COC(=O)CC(c1cccc(OC)c1OCCc1ccc(OC)cc1)c1c(O)cc(C)n(CCc2cnc[nH]2)c1=O. The number of aryl methyl sites for hydroxylation is 2. The van der Waals surface area contributed by atoms with E-state index in [0.29, 0.717) is 48.7 Å². The van der Waals surface area contributed by atoms with Crippen molar-refractivity contribution in [1.29, 1.82) is 0 Å². The normalized spacial score (nSPS) is 11.6. The summed E-state index contributed by atoms with van der Waals surface area (Å²) in [5.74, 6) is -0.00356. The van der Waals surface area contributed by atoms with E-state index in [4.69, 9.17) is 18.9 Å². The van der Waals surface area contributed by atoms with E-state index in [1.165, 1.54) is 14.2 Å². The van der Waals surface area contributed by atoms with Crippen LogP contribution in [0.5, 0.6) is 23.0 Å². The van der Waals surface area contributed by atoms with Crippen LogP contribution in [0.2, 0.25) is 0 Å². The average molecular weight is 562 g/mol. The van der Waals surface area contributed by atoms with E-state index < -0.39 is 17.4 Å². The van der Waals surface area contributed by atoms with Gasteiger partial charge in [0.25, 0.3) is 5.56 Å². The van der Waals surface area contributed by atoms with Crippen molar-refractivity contribution in [3.05, 3.63) is 99.5 Å². The largest absolute Gasteiger partial charge is 0.507 e. The topological polar surface area (TPSA) is 125 Å². The van der Waals surface area contributed by atoms with Crippen LogP contribution in [0.25, 0.3) is 0 Å². The van der Waals surface area contributed by atoms with Gasteiger partial charge in [-0.15, -0.1) is 0 Å². The molecule has 41 heavy (non-hydrogen) atoms. The van der Waals surface area contributed by atoms with Crippen molar-refractivity contribution in [2.75, 3.05) is 27.9 Å². The second-order valence-corrected chi connectivity index (χ2v) is 9.53. The van der Waals surface area contributed by atoms with E-state index >= 15 is 0 Å². The van der Waals surface area contributed by atoms with Gasteiger partial charge in [-0.3, -0.25) is 9.59 Å². The number of nitrogens with one attached hydrogen (secondary N) is 1. The molecule has 0 fully saturated rings. The molecule has 10 heteroatoms. The van der Waals surface area contributed by atoms with Gasteiger partial charge in [-0.2, -0.15) is 0 Å². The number of aromatic nitrogens is 3. The van der Waals surface area contributed by atoms with Gasteiger partial charge >= 0.3 is 5.97 Å². The number of aromatic hydroxyl groups is 1. The number of rotatable bonds is 13. The maximum Gasteiger partial charge on any atom is 0.306 e. The number of hydrogen-bond acceptors (Lipinski definition) is 8. The molecule has 216 valence electrons.